The van der Waals surface area contributed by atoms with Gasteiger partial charge in [-0.15, -0.1) is 0 Å². The Labute approximate surface area is 103 Å². The number of hydrazine groups is 1. The first-order valence-corrected chi connectivity index (χ1v) is 5.65. The highest BCUT2D eigenvalue weighted by atomic mass is 19.1. The molecule has 0 saturated carbocycles. The third-order valence-electron chi connectivity index (χ3n) is 3.05. The molecule has 0 unspecified atom stereocenters. The third-order valence-corrected chi connectivity index (χ3v) is 3.05. The smallest absolute Gasteiger partial charge is 0.239 e. The molecule has 1 fully saturated rings. The number of nitrogens with two attached hydrogens (primary N) is 2. The standard InChI is InChI=1S/C10H15FN6O/c11-7-5-14-10(16-13)15-9(7)17-3-1-6(2-4-17)8(12)18/h5-6H,1-4,13H2,(H2,12,18)(H,14,15,16). The number of hydrogen-bond acceptors (Lipinski definition) is 6. The first-order chi connectivity index (χ1) is 8.61. The number of piperidine rings is 1. The second-order valence-electron chi connectivity index (χ2n) is 4.17. The van der Waals surface area contributed by atoms with Crippen LogP contribution in [0.3, 0.4) is 0 Å². The van der Waals surface area contributed by atoms with Crippen molar-refractivity contribution >= 4 is 17.7 Å². The van der Waals surface area contributed by atoms with E-state index in [9.17, 15) is 9.18 Å². The van der Waals surface area contributed by atoms with E-state index in [4.69, 9.17) is 11.6 Å². The summed E-state index contributed by atoms with van der Waals surface area (Å²) in [5.41, 5.74) is 7.51. The number of nitrogens with one attached hydrogen (secondary N) is 1. The van der Waals surface area contributed by atoms with Gasteiger partial charge in [0.25, 0.3) is 0 Å². The van der Waals surface area contributed by atoms with Gasteiger partial charge in [0.2, 0.25) is 11.9 Å². The lowest BCUT2D eigenvalue weighted by atomic mass is 9.96. The fourth-order valence-corrected chi connectivity index (χ4v) is 2.03. The highest BCUT2D eigenvalue weighted by Gasteiger charge is 2.25. The second kappa shape index (κ2) is 5.13. The van der Waals surface area contributed by atoms with Crippen LogP contribution in [0.1, 0.15) is 12.8 Å². The molecule has 2 heterocycles. The number of halogens is 1. The van der Waals surface area contributed by atoms with E-state index >= 15 is 0 Å². The number of amides is 1. The van der Waals surface area contributed by atoms with Crippen LogP contribution in [0.15, 0.2) is 6.20 Å². The van der Waals surface area contributed by atoms with Crippen molar-refractivity contribution in [1.29, 1.82) is 0 Å². The van der Waals surface area contributed by atoms with Crippen LogP contribution in [0.25, 0.3) is 0 Å². The molecule has 2 rings (SSSR count). The number of nitrogen functional groups attached to an aromatic ring is 1. The summed E-state index contributed by atoms with van der Waals surface area (Å²) >= 11 is 0. The largest absolute Gasteiger partial charge is 0.369 e. The molecular weight excluding hydrogens is 239 g/mol. The van der Waals surface area contributed by atoms with Crippen molar-refractivity contribution in [1.82, 2.24) is 9.97 Å². The Hall–Kier alpha value is -1.96. The number of rotatable bonds is 3. The number of hydrogen-bond donors (Lipinski definition) is 3. The highest BCUT2D eigenvalue weighted by Crippen LogP contribution is 2.24. The van der Waals surface area contributed by atoms with Crippen LogP contribution < -0.4 is 21.9 Å². The Morgan fingerprint density at radius 3 is 2.72 bits per heavy atom. The SMILES string of the molecule is NNc1ncc(F)c(N2CCC(C(N)=O)CC2)n1. The van der Waals surface area contributed by atoms with Gasteiger partial charge in [0.1, 0.15) is 0 Å². The molecule has 1 saturated heterocycles. The van der Waals surface area contributed by atoms with E-state index in [0.717, 1.165) is 6.20 Å². The average Bonchev–Trinajstić information content (AvgIpc) is 2.39. The molecule has 1 aromatic heterocycles. The molecular formula is C10H15FN6O. The number of carbonyl (C=O) groups excluding carboxylic acids is 1. The molecule has 0 atom stereocenters. The molecule has 98 valence electrons. The molecule has 0 aliphatic carbocycles. The molecule has 1 aliphatic rings. The number of primary amides is 1. The van der Waals surface area contributed by atoms with Gasteiger partial charge < -0.3 is 10.6 Å². The normalized spacial score (nSPS) is 16.7. The van der Waals surface area contributed by atoms with Crippen LogP contribution in [-0.4, -0.2) is 29.0 Å². The molecule has 0 aromatic carbocycles. The predicted molar refractivity (Wildman–Crippen MR) is 63.9 cm³/mol. The maximum atomic E-state index is 13.6. The monoisotopic (exact) mass is 254 g/mol. The summed E-state index contributed by atoms with van der Waals surface area (Å²) in [6, 6.07) is 0. The number of carbonyl (C=O) groups is 1. The summed E-state index contributed by atoms with van der Waals surface area (Å²) in [6.07, 6.45) is 2.27. The van der Waals surface area contributed by atoms with Crippen molar-refractivity contribution < 1.29 is 9.18 Å². The van der Waals surface area contributed by atoms with Gasteiger partial charge in [-0.2, -0.15) is 4.98 Å². The minimum absolute atomic E-state index is 0.141. The second-order valence-corrected chi connectivity index (χ2v) is 4.17. The van der Waals surface area contributed by atoms with Crippen molar-refractivity contribution in [2.75, 3.05) is 23.4 Å². The Kier molecular flexibility index (Phi) is 3.56. The van der Waals surface area contributed by atoms with Crippen LogP contribution in [-0.2, 0) is 4.79 Å². The molecule has 1 aliphatic heterocycles. The third kappa shape index (κ3) is 2.48. The van der Waals surface area contributed by atoms with Gasteiger partial charge in [0.15, 0.2) is 11.6 Å². The van der Waals surface area contributed by atoms with E-state index in [2.05, 4.69) is 15.4 Å². The lowest BCUT2D eigenvalue weighted by Crippen LogP contribution is -2.39. The minimum Gasteiger partial charge on any atom is -0.369 e. The maximum Gasteiger partial charge on any atom is 0.239 e. The van der Waals surface area contributed by atoms with Gasteiger partial charge in [0, 0.05) is 19.0 Å². The summed E-state index contributed by atoms with van der Waals surface area (Å²) in [4.78, 5) is 20.4. The topological polar surface area (TPSA) is 110 Å². The van der Waals surface area contributed by atoms with Crippen molar-refractivity contribution in [3.05, 3.63) is 12.0 Å². The van der Waals surface area contributed by atoms with E-state index in [1.807, 2.05) is 0 Å². The van der Waals surface area contributed by atoms with E-state index in [0.29, 0.717) is 25.9 Å². The van der Waals surface area contributed by atoms with E-state index in [1.165, 1.54) is 0 Å². The van der Waals surface area contributed by atoms with E-state index < -0.39 is 5.82 Å². The molecule has 5 N–H and O–H groups in total. The van der Waals surface area contributed by atoms with Gasteiger partial charge in [-0.25, -0.2) is 15.2 Å². The number of nitrogens with zero attached hydrogens (tertiary/aromatic N) is 3. The van der Waals surface area contributed by atoms with Crippen LogP contribution in [0.5, 0.6) is 0 Å². The summed E-state index contributed by atoms with van der Waals surface area (Å²) in [5.74, 6) is 4.58. The fourth-order valence-electron chi connectivity index (χ4n) is 2.03. The molecule has 0 bridgehead atoms. The van der Waals surface area contributed by atoms with Crippen LogP contribution in [0, 0.1) is 11.7 Å². The van der Waals surface area contributed by atoms with E-state index in [1.54, 1.807) is 4.90 Å². The van der Waals surface area contributed by atoms with Gasteiger partial charge in [-0.1, -0.05) is 0 Å². The summed E-state index contributed by atoms with van der Waals surface area (Å²) in [5, 5.41) is 0. The van der Waals surface area contributed by atoms with Crippen molar-refractivity contribution in [3.8, 4) is 0 Å². The van der Waals surface area contributed by atoms with Crippen molar-refractivity contribution in [2.45, 2.75) is 12.8 Å². The maximum absolute atomic E-state index is 13.6. The predicted octanol–water partition coefficient (Wildman–Crippen LogP) is -0.397. The lowest BCUT2D eigenvalue weighted by molar-refractivity contribution is -0.122. The summed E-state index contributed by atoms with van der Waals surface area (Å²) in [7, 11) is 0. The fraction of sp³-hybridized carbons (Fsp3) is 0.500. The Morgan fingerprint density at radius 1 is 1.50 bits per heavy atom. The van der Waals surface area contributed by atoms with Gasteiger partial charge >= 0.3 is 0 Å². The molecule has 7 nitrogen and oxygen atoms in total. The number of anilines is 2. The van der Waals surface area contributed by atoms with Crippen LogP contribution in [0.2, 0.25) is 0 Å². The molecule has 0 spiro atoms. The molecule has 1 amide bonds. The molecule has 0 radical (unpaired) electrons. The van der Waals surface area contributed by atoms with Gasteiger partial charge in [0.05, 0.1) is 6.20 Å². The van der Waals surface area contributed by atoms with Crippen LogP contribution >= 0.6 is 0 Å². The van der Waals surface area contributed by atoms with Gasteiger partial charge in [-0.05, 0) is 12.8 Å². The zero-order chi connectivity index (χ0) is 13.1. The van der Waals surface area contributed by atoms with Crippen molar-refractivity contribution in [3.63, 3.8) is 0 Å². The molecule has 18 heavy (non-hydrogen) atoms. The Bertz CT molecular complexity index is 446. The first kappa shape index (κ1) is 12.5. The Balaban J connectivity index is 2.11. The van der Waals surface area contributed by atoms with Crippen molar-refractivity contribution in [2.24, 2.45) is 17.5 Å². The molecule has 1 aromatic rings. The van der Waals surface area contributed by atoms with E-state index in [-0.39, 0.29) is 23.6 Å². The summed E-state index contributed by atoms with van der Waals surface area (Å²) in [6.45, 7) is 1.07. The van der Waals surface area contributed by atoms with Crippen LogP contribution in [0.4, 0.5) is 16.2 Å². The Morgan fingerprint density at radius 2 is 2.17 bits per heavy atom. The summed E-state index contributed by atoms with van der Waals surface area (Å²) < 4.78 is 13.6. The van der Waals surface area contributed by atoms with Gasteiger partial charge in [-0.3, -0.25) is 10.2 Å². The lowest BCUT2D eigenvalue weighted by Gasteiger charge is -2.31. The first-order valence-electron chi connectivity index (χ1n) is 5.65. The highest BCUT2D eigenvalue weighted by molar-refractivity contribution is 5.77. The molecule has 8 heteroatoms. The zero-order valence-electron chi connectivity index (χ0n) is 9.77. The zero-order valence-corrected chi connectivity index (χ0v) is 9.77. The quantitative estimate of drug-likeness (QED) is 0.500. The minimum atomic E-state index is -0.508. The average molecular weight is 254 g/mol. The number of aromatic nitrogens is 2.